The second-order valence-corrected chi connectivity index (χ2v) is 8.16. The van der Waals surface area contributed by atoms with Crippen molar-refractivity contribution in [2.75, 3.05) is 13.2 Å². The lowest BCUT2D eigenvalue weighted by Gasteiger charge is -2.32. The summed E-state index contributed by atoms with van der Waals surface area (Å²) < 4.78 is 23.6. The van der Waals surface area contributed by atoms with Crippen molar-refractivity contribution in [1.82, 2.24) is 0 Å². The van der Waals surface area contributed by atoms with Gasteiger partial charge in [-0.05, 0) is 52.6 Å². The van der Waals surface area contributed by atoms with E-state index in [9.17, 15) is 0 Å². The molecular weight excluding hydrogens is 310 g/mol. The predicted molar refractivity (Wildman–Crippen MR) is 96.0 cm³/mol. The molecule has 0 saturated carbocycles. The van der Waals surface area contributed by atoms with Crippen LogP contribution in [0.5, 0.6) is 0 Å². The fourth-order valence-electron chi connectivity index (χ4n) is 2.38. The van der Waals surface area contributed by atoms with E-state index in [1.54, 1.807) is 0 Å². The van der Waals surface area contributed by atoms with E-state index in [0.717, 1.165) is 11.6 Å². The first kappa shape index (κ1) is 18.9. The van der Waals surface area contributed by atoms with Crippen LogP contribution >= 0.6 is 8.38 Å². The van der Waals surface area contributed by atoms with Gasteiger partial charge in [0.05, 0.1) is 24.4 Å². The summed E-state index contributed by atoms with van der Waals surface area (Å²) in [6.07, 6.45) is 0.782. The molecule has 0 aromatic heterocycles. The molecule has 0 aliphatic carbocycles. The molecule has 1 aromatic carbocycles. The summed E-state index contributed by atoms with van der Waals surface area (Å²) in [4.78, 5) is 0. The number of hydrogen-bond donors (Lipinski definition) is 0. The summed E-state index contributed by atoms with van der Waals surface area (Å²) in [5, 5.41) is 0. The number of rotatable bonds is 7. The molecule has 1 aliphatic heterocycles. The Morgan fingerprint density at radius 1 is 1.00 bits per heavy atom. The zero-order valence-electron chi connectivity index (χ0n) is 15.1. The van der Waals surface area contributed by atoms with Crippen molar-refractivity contribution in [2.45, 2.75) is 58.9 Å². The summed E-state index contributed by atoms with van der Waals surface area (Å²) in [7, 11) is -1.21. The van der Waals surface area contributed by atoms with Crippen molar-refractivity contribution in [1.29, 1.82) is 0 Å². The Morgan fingerprint density at radius 3 is 2.09 bits per heavy atom. The quantitative estimate of drug-likeness (QED) is 0.559. The molecule has 1 saturated heterocycles. The average molecular weight is 338 g/mol. The second-order valence-electron chi connectivity index (χ2n) is 6.66. The lowest BCUT2D eigenvalue weighted by Crippen LogP contribution is -2.41. The maximum absolute atomic E-state index is 6.13. The maximum atomic E-state index is 6.13. The summed E-state index contributed by atoms with van der Waals surface area (Å²) in [6.45, 7) is 13.6. The fourth-order valence-corrected chi connectivity index (χ4v) is 3.71. The molecule has 6 heteroatoms. The van der Waals surface area contributed by atoms with Crippen LogP contribution in [0.3, 0.4) is 0 Å². The molecule has 1 aromatic rings. The zero-order chi connectivity index (χ0) is 17.1. The van der Waals surface area contributed by atoms with Gasteiger partial charge in [-0.15, -0.1) is 0 Å². The van der Waals surface area contributed by atoms with Crippen molar-refractivity contribution < 1.29 is 18.4 Å². The van der Waals surface area contributed by atoms with Crippen LogP contribution in [0.1, 0.15) is 47.1 Å². The van der Waals surface area contributed by atoms with Gasteiger partial charge in [0.25, 0.3) is 0 Å². The van der Waals surface area contributed by atoms with E-state index in [4.69, 9.17) is 18.4 Å². The predicted octanol–water partition coefficient (Wildman–Crippen LogP) is 3.87. The number of hydrogen-bond acceptors (Lipinski definition) is 4. The maximum Gasteiger partial charge on any atom is 0.494 e. The van der Waals surface area contributed by atoms with E-state index < -0.39 is 8.38 Å². The van der Waals surface area contributed by atoms with E-state index in [1.807, 2.05) is 19.9 Å². The highest BCUT2D eigenvalue weighted by atomic mass is 31.2. The third-order valence-corrected chi connectivity index (χ3v) is 6.05. The van der Waals surface area contributed by atoms with E-state index >= 15 is 0 Å². The second kappa shape index (κ2) is 7.63. The van der Waals surface area contributed by atoms with Crippen molar-refractivity contribution >= 4 is 21.0 Å². The van der Waals surface area contributed by atoms with Crippen molar-refractivity contribution in [2.24, 2.45) is 0 Å². The van der Waals surface area contributed by atoms with Crippen LogP contribution in [0, 0.1) is 0 Å². The average Bonchev–Trinajstić information content (AvgIpc) is 2.68. The molecule has 0 bridgehead atoms. The molecule has 0 atom stereocenters. The van der Waals surface area contributed by atoms with E-state index in [2.05, 4.69) is 45.9 Å². The van der Waals surface area contributed by atoms with Crippen LogP contribution < -0.4 is 5.46 Å². The monoisotopic (exact) mass is 338 g/mol. The van der Waals surface area contributed by atoms with Gasteiger partial charge < -0.3 is 18.4 Å². The number of benzene rings is 1. The van der Waals surface area contributed by atoms with Crippen LogP contribution in [0.2, 0.25) is 0 Å². The van der Waals surface area contributed by atoms with Crippen LogP contribution in [-0.2, 0) is 24.5 Å². The molecule has 0 radical (unpaired) electrons. The van der Waals surface area contributed by atoms with Gasteiger partial charge in [0.1, 0.15) is 0 Å². The highest BCUT2D eigenvalue weighted by molar-refractivity contribution is 7.46. The Hall–Kier alpha value is -0.445. The third-order valence-electron chi connectivity index (χ3n) is 4.33. The summed E-state index contributed by atoms with van der Waals surface area (Å²) in [5.74, 6) is 0. The van der Waals surface area contributed by atoms with E-state index in [-0.39, 0.29) is 18.3 Å². The van der Waals surface area contributed by atoms with Gasteiger partial charge in [-0.2, -0.15) is 0 Å². The van der Waals surface area contributed by atoms with Crippen LogP contribution in [0.4, 0.5) is 0 Å². The smallest absolute Gasteiger partial charge is 0.399 e. The minimum Gasteiger partial charge on any atom is -0.399 e. The molecule has 1 heterocycles. The fraction of sp³-hybridized carbons (Fsp3) is 0.647. The highest BCUT2D eigenvalue weighted by Gasteiger charge is 2.51. The molecule has 1 fully saturated rings. The molecule has 0 spiro atoms. The lowest BCUT2D eigenvalue weighted by atomic mass is 9.78. The van der Waals surface area contributed by atoms with Crippen molar-refractivity contribution in [3.05, 3.63) is 29.8 Å². The normalized spacial score (nSPS) is 19.5. The van der Waals surface area contributed by atoms with Gasteiger partial charge in [-0.3, -0.25) is 0 Å². The minimum atomic E-state index is -0.881. The molecule has 23 heavy (non-hydrogen) atoms. The minimum absolute atomic E-state index is 0.322. The van der Waals surface area contributed by atoms with E-state index in [0.29, 0.717) is 13.2 Å². The summed E-state index contributed by atoms with van der Waals surface area (Å²) >= 11 is 0. The van der Waals surface area contributed by atoms with Gasteiger partial charge in [0.2, 0.25) is 0 Å². The third kappa shape index (κ3) is 4.55. The Morgan fingerprint density at radius 2 is 1.57 bits per heavy atom. The van der Waals surface area contributed by atoms with Crippen LogP contribution in [-0.4, -0.2) is 31.5 Å². The van der Waals surface area contributed by atoms with Gasteiger partial charge >= 0.3 is 7.12 Å². The molecule has 128 valence electrons. The standard InChI is InChI=1S/C17H28BO4P/c1-7-19-23(20-8-2)13-14-10-9-11-15(12-14)18-21-16(3,4)17(5,6)22-18/h9-12H,7-8,13H2,1-6H3. The zero-order valence-corrected chi connectivity index (χ0v) is 16.0. The topological polar surface area (TPSA) is 36.9 Å². The SMILES string of the molecule is CCOP(Cc1cccc(B2OC(C)(C)C(C)(C)O2)c1)OCC. The van der Waals surface area contributed by atoms with Crippen molar-refractivity contribution in [3.63, 3.8) is 0 Å². The molecular formula is C17H28BO4P. The Balaban J connectivity index is 2.11. The molecule has 4 nitrogen and oxygen atoms in total. The van der Waals surface area contributed by atoms with E-state index in [1.165, 1.54) is 5.56 Å². The highest BCUT2D eigenvalue weighted by Crippen LogP contribution is 2.42. The summed E-state index contributed by atoms with van der Waals surface area (Å²) in [5.41, 5.74) is 1.59. The van der Waals surface area contributed by atoms with Gasteiger partial charge in [0.15, 0.2) is 8.38 Å². The first-order valence-corrected chi connectivity index (χ1v) is 9.63. The molecule has 0 amide bonds. The summed E-state index contributed by atoms with van der Waals surface area (Å²) in [6, 6.07) is 8.33. The largest absolute Gasteiger partial charge is 0.494 e. The molecule has 0 N–H and O–H groups in total. The first-order valence-electron chi connectivity index (χ1n) is 8.27. The van der Waals surface area contributed by atoms with Gasteiger partial charge in [-0.1, -0.05) is 24.3 Å². The molecule has 2 rings (SSSR count). The first-order chi connectivity index (χ1) is 10.8. The van der Waals surface area contributed by atoms with Gasteiger partial charge in [0, 0.05) is 6.16 Å². The lowest BCUT2D eigenvalue weighted by molar-refractivity contribution is 0.00578. The molecule has 1 aliphatic rings. The van der Waals surface area contributed by atoms with Crippen LogP contribution in [0.25, 0.3) is 0 Å². The Labute approximate surface area is 141 Å². The Bertz CT molecular complexity index is 499. The Kier molecular flexibility index (Phi) is 6.26. The van der Waals surface area contributed by atoms with Gasteiger partial charge in [-0.25, -0.2) is 0 Å². The molecule has 0 unspecified atom stereocenters. The van der Waals surface area contributed by atoms with Crippen molar-refractivity contribution in [3.8, 4) is 0 Å². The van der Waals surface area contributed by atoms with Crippen LogP contribution in [0.15, 0.2) is 24.3 Å².